The number of piperidine rings is 1. The highest BCUT2D eigenvalue weighted by Crippen LogP contribution is 2.32. The molecular formula is C21H19F4N5O2. The van der Waals surface area contributed by atoms with E-state index in [1.165, 1.54) is 17.2 Å². The van der Waals surface area contributed by atoms with E-state index in [0.29, 0.717) is 42.9 Å². The highest BCUT2D eigenvalue weighted by Gasteiger charge is 2.36. The molecule has 1 saturated heterocycles. The molecule has 3 aromatic rings. The third kappa shape index (κ3) is 4.27. The first-order valence-corrected chi connectivity index (χ1v) is 9.92. The average molecular weight is 449 g/mol. The molecule has 0 saturated carbocycles. The number of nitrogens with zero attached hydrogens (tertiary/aromatic N) is 5. The van der Waals surface area contributed by atoms with E-state index in [4.69, 9.17) is 4.74 Å². The van der Waals surface area contributed by atoms with Crippen LogP contribution in [-0.4, -0.2) is 49.5 Å². The molecule has 0 N–H and O–H groups in total. The predicted octanol–water partition coefficient (Wildman–Crippen LogP) is 3.89. The topological polar surface area (TPSA) is 73.1 Å². The molecule has 1 fully saturated rings. The van der Waals surface area contributed by atoms with Crippen LogP contribution >= 0.6 is 0 Å². The van der Waals surface area contributed by atoms with E-state index >= 15 is 0 Å². The Morgan fingerprint density at radius 1 is 1.19 bits per heavy atom. The number of halogens is 4. The third-order valence-corrected chi connectivity index (χ3v) is 5.34. The molecule has 0 bridgehead atoms. The molecule has 0 aliphatic carbocycles. The van der Waals surface area contributed by atoms with Crippen LogP contribution in [0, 0.1) is 5.82 Å². The normalized spacial score (nSPS) is 19.1. The van der Waals surface area contributed by atoms with E-state index in [1.54, 1.807) is 36.1 Å². The summed E-state index contributed by atoms with van der Waals surface area (Å²) in [7, 11) is 0. The van der Waals surface area contributed by atoms with Gasteiger partial charge in [-0.1, -0.05) is 12.1 Å². The van der Waals surface area contributed by atoms with Crippen molar-refractivity contribution in [2.75, 3.05) is 6.54 Å². The van der Waals surface area contributed by atoms with E-state index in [-0.39, 0.29) is 5.91 Å². The number of hydrogen-bond acceptors (Lipinski definition) is 5. The molecule has 3 heterocycles. The first-order valence-electron chi connectivity index (χ1n) is 9.92. The minimum absolute atomic E-state index is 0.278. The Hall–Kier alpha value is -3.50. The second-order valence-corrected chi connectivity index (χ2v) is 7.38. The Kier molecular flexibility index (Phi) is 5.81. The summed E-state index contributed by atoms with van der Waals surface area (Å²) in [5.74, 6) is -2.00. The minimum atomic E-state index is -4.70. The molecule has 1 aliphatic heterocycles. The van der Waals surface area contributed by atoms with Crippen LogP contribution in [0.1, 0.15) is 35.7 Å². The second-order valence-electron chi connectivity index (χ2n) is 7.38. The number of rotatable bonds is 4. The summed E-state index contributed by atoms with van der Waals surface area (Å²) in [5, 5.41) is 8.16. The molecule has 2 unspecified atom stereocenters. The number of benzene rings is 1. The SMILES string of the molecule is CC1C(Oc2ncc(C(F)(F)F)cc2F)CCCN1C(=O)c1ccccc1-n1nccn1. The van der Waals surface area contributed by atoms with Crippen LogP contribution in [0.5, 0.6) is 5.88 Å². The lowest BCUT2D eigenvalue weighted by Gasteiger charge is -2.39. The molecule has 1 aromatic carbocycles. The summed E-state index contributed by atoms with van der Waals surface area (Å²) in [6.07, 6.45) is -0.741. The Labute approximate surface area is 180 Å². The summed E-state index contributed by atoms with van der Waals surface area (Å²) in [5.41, 5.74) is -0.303. The maximum absolute atomic E-state index is 14.2. The van der Waals surface area contributed by atoms with Crippen molar-refractivity contribution in [3.63, 3.8) is 0 Å². The summed E-state index contributed by atoms with van der Waals surface area (Å²) < 4.78 is 58.1. The molecule has 7 nitrogen and oxygen atoms in total. The van der Waals surface area contributed by atoms with Crippen LogP contribution < -0.4 is 4.74 Å². The van der Waals surface area contributed by atoms with Gasteiger partial charge in [-0.05, 0) is 38.0 Å². The van der Waals surface area contributed by atoms with E-state index in [9.17, 15) is 22.4 Å². The van der Waals surface area contributed by atoms with Crippen molar-refractivity contribution in [2.24, 2.45) is 0 Å². The summed E-state index contributed by atoms with van der Waals surface area (Å²) >= 11 is 0. The van der Waals surface area contributed by atoms with Crippen LogP contribution in [0.15, 0.2) is 48.9 Å². The lowest BCUT2D eigenvalue weighted by atomic mass is 9.98. The molecular weight excluding hydrogens is 430 g/mol. The zero-order valence-electron chi connectivity index (χ0n) is 17.0. The van der Waals surface area contributed by atoms with Gasteiger partial charge in [0, 0.05) is 12.7 Å². The predicted molar refractivity (Wildman–Crippen MR) is 105 cm³/mol. The van der Waals surface area contributed by atoms with Crippen molar-refractivity contribution in [1.82, 2.24) is 24.9 Å². The fraction of sp³-hybridized carbons (Fsp3) is 0.333. The van der Waals surface area contributed by atoms with Gasteiger partial charge < -0.3 is 9.64 Å². The van der Waals surface area contributed by atoms with E-state index in [2.05, 4.69) is 15.2 Å². The van der Waals surface area contributed by atoms with Crippen LogP contribution in [0.3, 0.4) is 0 Å². The maximum atomic E-state index is 14.2. The zero-order valence-corrected chi connectivity index (χ0v) is 17.0. The van der Waals surface area contributed by atoms with Gasteiger partial charge in [-0.3, -0.25) is 4.79 Å². The fourth-order valence-corrected chi connectivity index (χ4v) is 3.69. The van der Waals surface area contributed by atoms with Crippen molar-refractivity contribution >= 4 is 5.91 Å². The van der Waals surface area contributed by atoms with Gasteiger partial charge in [-0.2, -0.15) is 28.2 Å². The zero-order chi connectivity index (χ0) is 22.9. The molecule has 0 radical (unpaired) electrons. The van der Waals surface area contributed by atoms with Gasteiger partial charge in [-0.25, -0.2) is 9.37 Å². The first-order chi connectivity index (χ1) is 15.3. The lowest BCUT2D eigenvalue weighted by molar-refractivity contribution is -0.138. The van der Waals surface area contributed by atoms with Gasteiger partial charge >= 0.3 is 6.18 Å². The van der Waals surface area contributed by atoms with Crippen LogP contribution in [0.4, 0.5) is 17.6 Å². The first kappa shape index (κ1) is 21.7. The Morgan fingerprint density at radius 3 is 2.59 bits per heavy atom. The van der Waals surface area contributed by atoms with Gasteiger partial charge in [0.2, 0.25) is 0 Å². The number of carbonyl (C=O) groups is 1. The van der Waals surface area contributed by atoms with Gasteiger partial charge in [0.1, 0.15) is 6.10 Å². The molecule has 11 heteroatoms. The van der Waals surface area contributed by atoms with Crippen molar-refractivity contribution in [1.29, 1.82) is 0 Å². The molecule has 4 rings (SSSR count). The Morgan fingerprint density at radius 2 is 1.91 bits per heavy atom. The maximum Gasteiger partial charge on any atom is 0.417 e. The molecule has 2 atom stereocenters. The van der Waals surface area contributed by atoms with Gasteiger partial charge in [0.15, 0.2) is 5.82 Å². The highest BCUT2D eigenvalue weighted by atomic mass is 19.4. The number of hydrogen-bond donors (Lipinski definition) is 0. The summed E-state index contributed by atoms with van der Waals surface area (Å²) in [6.45, 7) is 2.20. The monoisotopic (exact) mass is 449 g/mol. The number of para-hydroxylation sites is 1. The Bertz CT molecular complexity index is 1100. The third-order valence-electron chi connectivity index (χ3n) is 5.34. The largest absolute Gasteiger partial charge is 0.470 e. The van der Waals surface area contributed by atoms with E-state index < -0.39 is 35.6 Å². The highest BCUT2D eigenvalue weighted by molar-refractivity contribution is 5.98. The molecule has 1 amide bonds. The standard InChI is InChI=1S/C21H19F4N5O2/c1-13-18(32-19-16(22)11-14(12-26-19)21(23,24)25)7-4-10-29(13)20(31)15-5-2-3-6-17(15)30-27-8-9-28-30/h2-3,5-6,8-9,11-13,18H,4,7,10H2,1H3. The molecule has 2 aromatic heterocycles. The fourth-order valence-electron chi connectivity index (χ4n) is 3.69. The molecule has 32 heavy (non-hydrogen) atoms. The van der Waals surface area contributed by atoms with E-state index in [1.807, 2.05) is 0 Å². The number of ether oxygens (including phenoxy) is 1. The van der Waals surface area contributed by atoms with Crippen molar-refractivity contribution in [3.05, 3.63) is 65.9 Å². The number of pyridine rings is 1. The smallest absolute Gasteiger partial charge is 0.417 e. The van der Waals surface area contributed by atoms with Gasteiger partial charge in [0.05, 0.1) is 35.2 Å². The van der Waals surface area contributed by atoms with Gasteiger partial charge in [-0.15, -0.1) is 0 Å². The van der Waals surface area contributed by atoms with Crippen LogP contribution in [0.2, 0.25) is 0 Å². The number of alkyl halides is 3. The minimum Gasteiger partial charge on any atom is -0.470 e. The number of aromatic nitrogens is 4. The molecule has 0 spiro atoms. The average Bonchev–Trinajstić information content (AvgIpc) is 3.30. The second kappa shape index (κ2) is 8.56. The summed E-state index contributed by atoms with van der Waals surface area (Å²) in [4.78, 5) is 19.8. The van der Waals surface area contributed by atoms with Gasteiger partial charge in [0.25, 0.3) is 11.8 Å². The van der Waals surface area contributed by atoms with E-state index in [0.717, 1.165) is 0 Å². The number of likely N-dealkylation sites (tertiary alicyclic amines) is 1. The Balaban J connectivity index is 1.55. The lowest BCUT2D eigenvalue weighted by Crippen LogP contribution is -2.51. The van der Waals surface area contributed by atoms with Crippen LogP contribution in [-0.2, 0) is 6.18 Å². The summed E-state index contributed by atoms with van der Waals surface area (Å²) in [6, 6.07) is 6.75. The van der Waals surface area contributed by atoms with Crippen molar-refractivity contribution < 1.29 is 27.1 Å². The number of amides is 1. The number of carbonyl (C=O) groups excluding carboxylic acids is 1. The quantitative estimate of drug-likeness (QED) is 0.565. The molecule has 1 aliphatic rings. The van der Waals surface area contributed by atoms with Crippen molar-refractivity contribution in [2.45, 2.75) is 38.1 Å². The molecule has 168 valence electrons. The van der Waals surface area contributed by atoms with Crippen molar-refractivity contribution in [3.8, 4) is 11.6 Å². The van der Waals surface area contributed by atoms with Crippen LogP contribution in [0.25, 0.3) is 5.69 Å².